The highest BCUT2D eigenvalue weighted by Crippen LogP contribution is 2.44. The molecule has 5 aromatic carbocycles. The number of fused-ring (bicyclic) bond motifs is 3. The van der Waals surface area contributed by atoms with Crippen molar-refractivity contribution < 1.29 is 4.74 Å². The van der Waals surface area contributed by atoms with E-state index in [0.717, 1.165) is 66.5 Å². The van der Waals surface area contributed by atoms with E-state index in [1.165, 1.54) is 0 Å². The number of nitrogens with two attached hydrogens (primary N) is 1. The molecule has 0 aliphatic heterocycles. The lowest BCUT2D eigenvalue weighted by Gasteiger charge is -2.16. The van der Waals surface area contributed by atoms with Crippen molar-refractivity contribution in [2.24, 2.45) is 0 Å². The molecule has 0 atom stereocenters. The third-order valence-electron chi connectivity index (χ3n) is 8.86. The van der Waals surface area contributed by atoms with Crippen LogP contribution in [-0.4, -0.2) is 22.1 Å². The summed E-state index contributed by atoms with van der Waals surface area (Å²) in [5.41, 5.74) is 16.6. The number of ether oxygens (including phenoxy) is 1. The predicted octanol–water partition coefficient (Wildman–Crippen LogP) is 10.4. The molecule has 0 aliphatic rings. The third kappa shape index (κ3) is 4.89. The summed E-state index contributed by atoms with van der Waals surface area (Å²) in [6, 6.07) is 40.5. The monoisotopic (exact) mass is 641 g/mol. The number of hydrogen-bond acceptors (Lipinski definition) is 5. The second kappa shape index (κ2) is 11.6. The molecule has 0 fully saturated rings. The number of halogens is 1. The number of aryl methyl sites for hydroxylation is 1. The Hall–Kier alpha value is -6.16. The smallest absolute Gasteiger partial charge is 0.163 e. The molecule has 0 bridgehead atoms. The standard InChI is InChI=1S/C41H28ClN5O/c1-23-8-17-34-32(18-23)37(39(45-34)25-6-4-3-5-7-25)40-33(22-43)38(44)36-31(28-10-9-27-20-30(48-2)16-13-26(27)19-28)21-35(46-41(36)47-40)24-11-14-29(42)15-12-24/h3-21,45H,1-2H3,(H2,44,46,47). The van der Waals surface area contributed by atoms with E-state index in [9.17, 15) is 5.26 Å². The Bertz CT molecular complexity index is 2590. The quantitative estimate of drug-likeness (QED) is 0.195. The topological polar surface area (TPSA) is 101 Å². The van der Waals surface area contributed by atoms with Gasteiger partial charge in [0, 0.05) is 27.1 Å². The number of nitrogen functional groups attached to an aromatic ring is 1. The molecule has 230 valence electrons. The first-order chi connectivity index (χ1) is 23.4. The molecule has 0 saturated carbocycles. The SMILES string of the molecule is COc1ccc2cc(-c3cc(-c4ccc(Cl)cc4)nc4nc(-c5c(-c6ccccc6)[nH]c6ccc(C)cc56)c(C#N)c(N)c34)ccc2c1. The largest absolute Gasteiger partial charge is 0.497 e. The number of nitrogens with one attached hydrogen (secondary N) is 1. The van der Waals surface area contributed by atoms with Gasteiger partial charge in [0.15, 0.2) is 5.65 Å². The van der Waals surface area contributed by atoms with Gasteiger partial charge < -0.3 is 15.5 Å². The number of pyridine rings is 2. The summed E-state index contributed by atoms with van der Waals surface area (Å²) < 4.78 is 5.45. The molecule has 8 aromatic rings. The molecule has 48 heavy (non-hydrogen) atoms. The summed E-state index contributed by atoms with van der Waals surface area (Å²) in [6.07, 6.45) is 0. The Morgan fingerprint density at radius 3 is 2.31 bits per heavy atom. The Morgan fingerprint density at radius 1 is 0.792 bits per heavy atom. The average Bonchev–Trinajstić information content (AvgIpc) is 3.49. The number of H-pyrrole nitrogens is 1. The molecule has 6 nitrogen and oxygen atoms in total. The Balaban J connectivity index is 1.46. The van der Waals surface area contributed by atoms with E-state index in [0.29, 0.717) is 38.7 Å². The highest BCUT2D eigenvalue weighted by atomic mass is 35.5. The fourth-order valence-electron chi connectivity index (χ4n) is 6.47. The van der Waals surface area contributed by atoms with E-state index in [2.05, 4.69) is 54.4 Å². The van der Waals surface area contributed by atoms with Crippen LogP contribution in [0.15, 0.2) is 115 Å². The van der Waals surface area contributed by atoms with Gasteiger partial charge in [0.2, 0.25) is 0 Å². The van der Waals surface area contributed by atoms with Crippen LogP contribution in [0.4, 0.5) is 5.69 Å². The van der Waals surface area contributed by atoms with Crippen LogP contribution in [0.5, 0.6) is 5.75 Å². The number of nitriles is 1. The fourth-order valence-corrected chi connectivity index (χ4v) is 6.60. The minimum absolute atomic E-state index is 0.301. The normalized spacial score (nSPS) is 11.3. The maximum absolute atomic E-state index is 10.7. The maximum atomic E-state index is 10.7. The molecule has 3 N–H and O–H groups in total. The van der Waals surface area contributed by atoms with Crippen LogP contribution in [0.1, 0.15) is 11.1 Å². The van der Waals surface area contributed by atoms with Crippen LogP contribution in [0, 0.1) is 18.3 Å². The van der Waals surface area contributed by atoms with Gasteiger partial charge in [-0.3, -0.25) is 0 Å². The van der Waals surface area contributed by atoms with Gasteiger partial charge in [-0.1, -0.05) is 83.9 Å². The van der Waals surface area contributed by atoms with Crippen LogP contribution in [0.3, 0.4) is 0 Å². The fraction of sp³-hybridized carbons (Fsp3) is 0.0488. The van der Waals surface area contributed by atoms with E-state index in [1.54, 1.807) is 7.11 Å². The number of nitrogens with zero attached hydrogens (tertiary/aromatic N) is 3. The zero-order valence-corrected chi connectivity index (χ0v) is 26.9. The molecule has 0 saturated heterocycles. The Kier molecular flexibility index (Phi) is 7.05. The second-order valence-electron chi connectivity index (χ2n) is 11.8. The Morgan fingerprint density at radius 2 is 1.54 bits per heavy atom. The summed E-state index contributed by atoms with van der Waals surface area (Å²) in [4.78, 5) is 13.9. The van der Waals surface area contributed by atoms with Crippen molar-refractivity contribution in [1.29, 1.82) is 5.26 Å². The van der Waals surface area contributed by atoms with Crippen LogP contribution in [-0.2, 0) is 0 Å². The van der Waals surface area contributed by atoms with Crippen molar-refractivity contribution in [1.82, 2.24) is 15.0 Å². The molecule has 0 aliphatic carbocycles. The summed E-state index contributed by atoms with van der Waals surface area (Å²) >= 11 is 6.26. The van der Waals surface area contributed by atoms with Gasteiger partial charge >= 0.3 is 0 Å². The minimum atomic E-state index is 0.301. The molecule has 0 radical (unpaired) electrons. The van der Waals surface area contributed by atoms with E-state index >= 15 is 0 Å². The number of anilines is 1. The highest BCUT2D eigenvalue weighted by molar-refractivity contribution is 6.30. The first-order valence-electron chi connectivity index (χ1n) is 15.5. The number of hydrogen-bond donors (Lipinski definition) is 2. The summed E-state index contributed by atoms with van der Waals surface area (Å²) in [7, 11) is 1.66. The summed E-state index contributed by atoms with van der Waals surface area (Å²) in [6.45, 7) is 2.05. The third-order valence-corrected chi connectivity index (χ3v) is 9.11. The molecular weight excluding hydrogens is 614 g/mol. The van der Waals surface area contributed by atoms with Gasteiger partial charge in [-0.05, 0) is 82.9 Å². The zero-order valence-electron chi connectivity index (χ0n) is 26.2. The molecule has 3 aromatic heterocycles. The summed E-state index contributed by atoms with van der Waals surface area (Å²) in [5.74, 6) is 0.789. The van der Waals surface area contributed by atoms with Gasteiger partial charge in [0.05, 0.1) is 35.3 Å². The molecule has 0 unspecified atom stereocenters. The number of methoxy groups -OCH3 is 1. The number of aromatic nitrogens is 3. The number of aromatic amines is 1. The van der Waals surface area contributed by atoms with Gasteiger partial charge in [0.1, 0.15) is 17.4 Å². The minimum Gasteiger partial charge on any atom is -0.497 e. The first kappa shape index (κ1) is 29.3. The van der Waals surface area contributed by atoms with Gasteiger partial charge in [-0.15, -0.1) is 0 Å². The lowest BCUT2D eigenvalue weighted by molar-refractivity contribution is 0.415. The second-order valence-corrected chi connectivity index (χ2v) is 12.3. The molecular formula is C41H28ClN5O. The van der Waals surface area contributed by atoms with E-state index < -0.39 is 0 Å². The predicted molar refractivity (Wildman–Crippen MR) is 196 cm³/mol. The summed E-state index contributed by atoms with van der Waals surface area (Å²) in [5, 5.41) is 15.0. The van der Waals surface area contributed by atoms with E-state index in [1.807, 2.05) is 78.9 Å². The zero-order chi connectivity index (χ0) is 32.9. The maximum Gasteiger partial charge on any atom is 0.163 e. The molecule has 3 heterocycles. The van der Waals surface area contributed by atoms with Crippen LogP contribution >= 0.6 is 11.6 Å². The number of rotatable bonds is 5. The van der Waals surface area contributed by atoms with Crippen LogP contribution in [0.2, 0.25) is 5.02 Å². The highest BCUT2D eigenvalue weighted by Gasteiger charge is 2.25. The van der Waals surface area contributed by atoms with Crippen LogP contribution < -0.4 is 10.5 Å². The lowest BCUT2D eigenvalue weighted by atomic mass is 9.93. The molecule has 8 rings (SSSR count). The lowest BCUT2D eigenvalue weighted by Crippen LogP contribution is -2.03. The van der Waals surface area contributed by atoms with Gasteiger partial charge in [0.25, 0.3) is 0 Å². The van der Waals surface area contributed by atoms with Crippen molar-refractivity contribution >= 4 is 50.0 Å². The van der Waals surface area contributed by atoms with Crippen LogP contribution in [0.25, 0.3) is 77.6 Å². The van der Waals surface area contributed by atoms with E-state index in [4.69, 9.17) is 32.0 Å². The van der Waals surface area contributed by atoms with Crippen molar-refractivity contribution in [3.63, 3.8) is 0 Å². The van der Waals surface area contributed by atoms with Gasteiger partial charge in [-0.2, -0.15) is 5.26 Å². The molecule has 0 amide bonds. The van der Waals surface area contributed by atoms with Crippen molar-refractivity contribution in [2.75, 3.05) is 12.8 Å². The first-order valence-corrected chi connectivity index (χ1v) is 15.9. The molecule has 0 spiro atoms. The number of benzene rings is 5. The van der Waals surface area contributed by atoms with Crippen molar-refractivity contribution in [2.45, 2.75) is 6.92 Å². The van der Waals surface area contributed by atoms with E-state index in [-0.39, 0.29) is 0 Å². The average molecular weight is 642 g/mol. The van der Waals surface area contributed by atoms with Gasteiger partial charge in [-0.25, -0.2) is 9.97 Å². The van der Waals surface area contributed by atoms with Crippen molar-refractivity contribution in [3.8, 4) is 56.7 Å². The Labute approximate surface area is 282 Å². The molecule has 7 heteroatoms. The van der Waals surface area contributed by atoms with Crippen molar-refractivity contribution in [3.05, 3.63) is 131 Å².